The Bertz CT molecular complexity index is 999. The molecule has 0 saturated heterocycles. The van der Waals surface area contributed by atoms with Gasteiger partial charge < -0.3 is 30.4 Å². The number of carbonyl (C=O) groups is 3. The molecule has 0 atom stereocenters. The number of ketones is 1. The van der Waals surface area contributed by atoms with Crippen LogP contribution in [0.2, 0.25) is 0 Å². The summed E-state index contributed by atoms with van der Waals surface area (Å²) in [4.78, 5) is 42.1. The number of carbonyl (C=O) groups excluding carboxylic acids is 3. The van der Waals surface area contributed by atoms with Gasteiger partial charge >= 0.3 is 0 Å². The normalized spacial score (nSPS) is 18.8. The number of hydrogen-bond acceptors (Lipinski definition) is 8. The van der Waals surface area contributed by atoms with E-state index >= 15 is 0 Å². The quantitative estimate of drug-likeness (QED) is 0.351. The van der Waals surface area contributed by atoms with Gasteiger partial charge in [0.2, 0.25) is 5.78 Å². The Balaban J connectivity index is 2.28. The van der Waals surface area contributed by atoms with Gasteiger partial charge in [0.05, 0.1) is 18.8 Å². The van der Waals surface area contributed by atoms with Crippen molar-refractivity contribution in [3.8, 4) is 0 Å². The minimum absolute atomic E-state index is 0.00654. The number of rotatable bonds is 10. The summed E-state index contributed by atoms with van der Waals surface area (Å²) >= 11 is 0. The number of nitrogens with zero attached hydrogens (tertiary/aromatic N) is 2. The molecule has 0 radical (unpaired) electrons. The second-order valence-electron chi connectivity index (χ2n) is 7.82. The number of amides is 2. The number of methoxy groups -OCH3 is 1. The summed E-state index contributed by atoms with van der Waals surface area (Å²) in [5.74, 6) is -5.01. The lowest BCUT2D eigenvalue weighted by molar-refractivity contribution is -0.129. The van der Waals surface area contributed by atoms with Crippen LogP contribution in [0.4, 0.5) is 8.78 Å². The lowest BCUT2D eigenvalue weighted by Crippen LogP contribution is -2.45. The molecule has 0 aliphatic carbocycles. The molecule has 1 aliphatic heterocycles. The molecule has 35 heavy (non-hydrogen) atoms. The number of allylic oxidation sites excluding steroid dienone is 1. The number of ether oxygens (including phenoxy) is 1. The van der Waals surface area contributed by atoms with Crippen LogP contribution in [0.3, 0.4) is 0 Å². The van der Waals surface area contributed by atoms with Crippen molar-refractivity contribution >= 4 is 17.6 Å². The van der Waals surface area contributed by atoms with Crippen LogP contribution in [0.1, 0.15) is 18.9 Å². The van der Waals surface area contributed by atoms with Crippen molar-refractivity contribution in [3.63, 3.8) is 0 Å². The molecule has 0 aromatic heterocycles. The van der Waals surface area contributed by atoms with Crippen LogP contribution < -0.4 is 16.2 Å². The van der Waals surface area contributed by atoms with E-state index < -0.39 is 40.6 Å². The number of halogens is 2. The van der Waals surface area contributed by atoms with Gasteiger partial charge in [-0.2, -0.15) is 0 Å². The monoisotopic (exact) mass is 495 g/mol. The number of aliphatic hydroxyl groups excluding tert-OH is 1. The average Bonchev–Trinajstić information content (AvgIpc) is 2.83. The van der Waals surface area contributed by atoms with Crippen molar-refractivity contribution < 1.29 is 33.0 Å². The molecule has 0 bridgehead atoms. The molecule has 1 aromatic rings. The van der Waals surface area contributed by atoms with E-state index in [1.165, 1.54) is 11.0 Å². The third-order valence-corrected chi connectivity index (χ3v) is 5.38. The molecule has 0 spiro atoms. The maximum absolute atomic E-state index is 13.9. The standard InChI is InChI=1S/C23H31F2N5O5/c1-4-30-14-28-27-13-18(22(33)26-12-15-5-6-16(24)11-19(15)25)21(32)20(31)17(23(30)34)7-8-29(2)9-10-35-3/h5-6,11,13,27-28,31H,4,7-10,12,14H2,1-3H3,(H,26,33)/b18-13+,20-17-. The first-order valence-corrected chi connectivity index (χ1v) is 11.0. The zero-order valence-electron chi connectivity index (χ0n) is 20.0. The van der Waals surface area contributed by atoms with Crippen molar-refractivity contribution in [3.05, 3.63) is 58.5 Å². The predicted molar refractivity (Wildman–Crippen MR) is 123 cm³/mol. The van der Waals surface area contributed by atoms with Gasteiger partial charge in [-0.05, 0) is 26.5 Å². The van der Waals surface area contributed by atoms with Crippen LogP contribution >= 0.6 is 0 Å². The van der Waals surface area contributed by atoms with Crippen molar-refractivity contribution in [2.75, 3.05) is 47.1 Å². The van der Waals surface area contributed by atoms with E-state index in [4.69, 9.17) is 4.74 Å². The number of aliphatic hydroxyl groups is 1. The van der Waals surface area contributed by atoms with Crippen molar-refractivity contribution in [2.45, 2.75) is 19.9 Å². The molecule has 1 aromatic carbocycles. The maximum Gasteiger partial charge on any atom is 0.257 e. The summed E-state index contributed by atoms with van der Waals surface area (Å²) < 4.78 is 32.0. The number of hydrogen-bond donors (Lipinski definition) is 4. The average molecular weight is 496 g/mol. The second kappa shape index (κ2) is 13.5. The first-order valence-electron chi connectivity index (χ1n) is 11.0. The van der Waals surface area contributed by atoms with Crippen molar-refractivity contribution in [1.29, 1.82) is 0 Å². The van der Waals surface area contributed by atoms with E-state index in [9.17, 15) is 28.3 Å². The van der Waals surface area contributed by atoms with Gasteiger partial charge in [0.15, 0.2) is 5.76 Å². The van der Waals surface area contributed by atoms with Crippen LogP contribution in [-0.2, 0) is 25.7 Å². The highest BCUT2D eigenvalue weighted by molar-refractivity contribution is 6.26. The van der Waals surface area contributed by atoms with E-state index in [2.05, 4.69) is 16.2 Å². The van der Waals surface area contributed by atoms with Gasteiger partial charge in [0.25, 0.3) is 11.8 Å². The van der Waals surface area contributed by atoms with Gasteiger partial charge in [-0.1, -0.05) is 6.07 Å². The smallest absolute Gasteiger partial charge is 0.257 e. The molecule has 1 aliphatic rings. The molecule has 10 nitrogen and oxygen atoms in total. The number of benzene rings is 1. The summed E-state index contributed by atoms with van der Waals surface area (Å²) in [6.07, 6.45) is 1.11. The van der Waals surface area contributed by atoms with E-state index in [1.54, 1.807) is 21.1 Å². The number of hydrazine groups is 1. The molecule has 12 heteroatoms. The van der Waals surface area contributed by atoms with E-state index in [0.717, 1.165) is 12.3 Å². The fraction of sp³-hybridized carbons (Fsp3) is 0.435. The topological polar surface area (TPSA) is 123 Å². The van der Waals surface area contributed by atoms with Crippen LogP contribution in [-0.4, -0.2) is 79.6 Å². The Morgan fingerprint density at radius 1 is 1.29 bits per heavy atom. The molecular weight excluding hydrogens is 464 g/mol. The Labute approximate surface area is 202 Å². The fourth-order valence-electron chi connectivity index (χ4n) is 3.21. The molecule has 0 fully saturated rings. The van der Waals surface area contributed by atoms with E-state index in [-0.39, 0.29) is 30.8 Å². The molecule has 192 valence electrons. The minimum atomic E-state index is -1.07. The van der Waals surface area contributed by atoms with Crippen LogP contribution in [0.5, 0.6) is 0 Å². The highest BCUT2D eigenvalue weighted by Crippen LogP contribution is 2.17. The number of likely N-dealkylation sites (N-methyl/N-ethyl adjacent to an activating group) is 2. The minimum Gasteiger partial charge on any atom is -0.504 e. The van der Waals surface area contributed by atoms with E-state index in [1.807, 2.05) is 4.90 Å². The molecule has 1 heterocycles. The van der Waals surface area contributed by atoms with Crippen molar-refractivity contribution in [2.24, 2.45) is 0 Å². The van der Waals surface area contributed by atoms with Gasteiger partial charge in [0, 0.05) is 51.1 Å². The van der Waals surface area contributed by atoms with Crippen LogP contribution in [0, 0.1) is 11.6 Å². The van der Waals surface area contributed by atoms with Gasteiger partial charge in [-0.15, -0.1) is 0 Å². The Morgan fingerprint density at radius 3 is 2.69 bits per heavy atom. The van der Waals surface area contributed by atoms with Gasteiger partial charge in [0.1, 0.15) is 17.2 Å². The summed E-state index contributed by atoms with van der Waals surface area (Å²) in [6.45, 7) is 3.14. The van der Waals surface area contributed by atoms with E-state index in [0.29, 0.717) is 32.3 Å². The SMILES string of the molecule is CCN1CNN/C=C(/C(=O)NCc2ccc(F)cc2F)C(=O)/C(O)=C(\CCN(C)CCOC)C1=O. The fourth-order valence-corrected chi connectivity index (χ4v) is 3.21. The van der Waals surface area contributed by atoms with Crippen LogP contribution in [0.25, 0.3) is 0 Å². The number of Topliss-reactive ketones (excluding diaryl/α,β-unsaturated/α-hetero) is 1. The van der Waals surface area contributed by atoms with Crippen molar-refractivity contribution in [1.82, 2.24) is 26.0 Å². The lowest BCUT2D eigenvalue weighted by Gasteiger charge is -2.25. The maximum atomic E-state index is 13.9. The first kappa shape index (κ1) is 27.9. The molecule has 4 N–H and O–H groups in total. The lowest BCUT2D eigenvalue weighted by atomic mass is 10.0. The third kappa shape index (κ3) is 7.84. The predicted octanol–water partition coefficient (Wildman–Crippen LogP) is 0.728. The molecule has 2 amide bonds. The van der Waals surface area contributed by atoms with Gasteiger partial charge in [-0.3, -0.25) is 14.4 Å². The summed E-state index contributed by atoms with van der Waals surface area (Å²) in [6, 6.07) is 2.89. The molecule has 2 rings (SSSR count). The highest BCUT2D eigenvalue weighted by Gasteiger charge is 2.30. The Hall–Kier alpha value is -3.35. The highest BCUT2D eigenvalue weighted by atomic mass is 19.1. The zero-order valence-corrected chi connectivity index (χ0v) is 20.0. The third-order valence-electron chi connectivity index (χ3n) is 5.38. The van der Waals surface area contributed by atoms with Gasteiger partial charge in [-0.25, -0.2) is 14.2 Å². The first-order chi connectivity index (χ1) is 16.7. The molecule has 0 saturated carbocycles. The summed E-state index contributed by atoms with van der Waals surface area (Å²) in [5.41, 5.74) is 4.66. The summed E-state index contributed by atoms with van der Waals surface area (Å²) in [7, 11) is 3.37. The second-order valence-corrected chi connectivity index (χ2v) is 7.82. The largest absolute Gasteiger partial charge is 0.504 e. The van der Waals surface area contributed by atoms with Crippen LogP contribution in [0.15, 0.2) is 41.3 Å². The number of nitrogens with one attached hydrogen (secondary N) is 3. The Morgan fingerprint density at radius 2 is 2.03 bits per heavy atom. The zero-order chi connectivity index (χ0) is 26.0. The molecular formula is C23H31F2N5O5. The Kier molecular flexibility index (Phi) is 10.8. The molecule has 0 unspecified atom stereocenters. The summed E-state index contributed by atoms with van der Waals surface area (Å²) in [5, 5.41) is 13.2.